The van der Waals surface area contributed by atoms with Crippen molar-refractivity contribution in [3.05, 3.63) is 62.5 Å². The molecule has 6 heteroatoms. The van der Waals surface area contributed by atoms with Gasteiger partial charge in [0.15, 0.2) is 0 Å². The molecule has 0 unspecified atom stereocenters. The van der Waals surface area contributed by atoms with E-state index >= 15 is 0 Å². The summed E-state index contributed by atoms with van der Waals surface area (Å²) >= 11 is 7.73. The van der Waals surface area contributed by atoms with Crippen LogP contribution in [0.4, 0.5) is 5.69 Å². The topological polar surface area (TPSA) is 56.0 Å². The third-order valence-electron chi connectivity index (χ3n) is 3.14. The molecule has 4 nitrogen and oxygen atoms in total. The Morgan fingerprint density at radius 2 is 2.14 bits per heavy atom. The molecule has 0 saturated heterocycles. The van der Waals surface area contributed by atoms with Crippen molar-refractivity contribution in [2.24, 2.45) is 0 Å². The van der Waals surface area contributed by atoms with Crippen LogP contribution in [0.2, 0.25) is 0 Å². The zero-order chi connectivity index (χ0) is 14.8. The van der Waals surface area contributed by atoms with E-state index in [4.69, 9.17) is 11.6 Å². The first-order valence-corrected chi connectivity index (χ1v) is 7.61. The maximum absolute atomic E-state index is 10.8. The van der Waals surface area contributed by atoms with Gasteiger partial charge in [-0.05, 0) is 31.0 Å². The molecule has 0 aliphatic heterocycles. The van der Waals surface area contributed by atoms with E-state index < -0.39 is 4.92 Å². The summed E-state index contributed by atoms with van der Waals surface area (Å²) in [6.45, 7) is 0. The molecule has 0 bridgehead atoms. The molecule has 1 aromatic carbocycles. The quantitative estimate of drug-likeness (QED) is 0.588. The Bertz CT molecular complexity index is 786. The molecule has 21 heavy (non-hydrogen) atoms. The number of aromatic nitrogens is 1. The fourth-order valence-corrected chi connectivity index (χ4v) is 3.25. The zero-order valence-electron chi connectivity index (χ0n) is 11.0. The standard InChI is InChI=1S/C15H11ClN2O2S/c16-12-3-1-2-4-14(12)21-15-8-5-10-9-11(18(19)20)6-7-13(10)17-15/h2,4-9H,1,3H2. The van der Waals surface area contributed by atoms with Crippen molar-refractivity contribution in [2.75, 3.05) is 0 Å². The van der Waals surface area contributed by atoms with Crippen molar-refractivity contribution < 1.29 is 4.92 Å². The van der Waals surface area contributed by atoms with Gasteiger partial charge in [0.1, 0.15) is 5.03 Å². The Hall–Kier alpha value is -1.85. The maximum atomic E-state index is 10.8. The molecule has 1 aliphatic carbocycles. The van der Waals surface area contributed by atoms with Gasteiger partial charge in [0.25, 0.3) is 5.69 Å². The van der Waals surface area contributed by atoms with Crippen molar-refractivity contribution in [2.45, 2.75) is 17.9 Å². The Kier molecular flexibility index (Phi) is 3.94. The SMILES string of the molecule is O=[N+]([O-])c1ccc2nc(SC3=C(Cl)CCC=C3)ccc2c1. The third-order valence-corrected chi connectivity index (χ3v) is 4.68. The molecule has 0 N–H and O–H groups in total. The Labute approximate surface area is 130 Å². The summed E-state index contributed by atoms with van der Waals surface area (Å²) < 4.78 is 0. The van der Waals surface area contributed by atoms with E-state index in [-0.39, 0.29) is 5.69 Å². The first-order valence-electron chi connectivity index (χ1n) is 6.42. The summed E-state index contributed by atoms with van der Waals surface area (Å²) in [7, 11) is 0. The summed E-state index contributed by atoms with van der Waals surface area (Å²) in [6.07, 6.45) is 5.94. The van der Waals surface area contributed by atoms with Gasteiger partial charge in [-0.25, -0.2) is 4.98 Å². The van der Waals surface area contributed by atoms with Crippen LogP contribution >= 0.6 is 23.4 Å². The summed E-state index contributed by atoms with van der Waals surface area (Å²) in [6, 6.07) is 8.37. The number of hydrogen-bond donors (Lipinski definition) is 0. The van der Waals surface area contributed by atoms with Crippen LogP contribution in [-0.4, -0.2) is 9.91 Å². The minimum absolute atomic E-state index is 0.0747. The second-order valence-corrected chi connectivity index (χ2v) is 6.11. The molecule has 0 radical (unpaired) electrons. The number of benzene rings is 1. The summed E-state index contributed by atoms with van der Waals surface area (Å²) in [5.41, 5.74) is 0.813. The van der Waals surface area contributed by atoms with Crippen molar-refractivity contribution in [3.63, 3.8) is 0 Å². The lowest BCUT2D eigenvalue weighted by atomic mass is 10.2. The third kappa shape index (κ3) is 3.09. The molecule has 0 atom stereocenters. The molecule has 0 amide bonds. The van der Waals surface area contributed by atoms with Gasteiger partial charge in [0, 0.05) is 27.5 Å². The predicted molar refractivity (Wildman–Crippen MR) is 85.5 cm³/mol. The van der Waals surface area contributed by atoms with Gasteiger partial charge in [-0.2, -0.15) is 0 Å². The lowest BCUT2D eigenvalue weighted by Crippen LogP contribution is -1.90. The number of nitrogens with zero attached hydrogens (tertiary/aromatic N) is 2. The number of rotatable bonds is 3. The highest BCUT2D eigenvalue weighted by atomic mass is 35.5. The highest BCUT2D eigenvalue weighted by Gasteiger charge is 2.11. The van der Waals surface area contributed by atoms with Gasteiger partial charge >= 0.3 is 0 Å². The molecule has 1 heterocycles. The van der Waals surface area contributed by atoms with Crippen molar-refractivity contribution in [3.8, 4) is 0 Å². The average Bonchev–Trinajstić information content (AvgIpc) is 2.49. The number of halogens is 1. The van der Waals surface area contributed by atoms with Gasteiger partial charge in [0.2, 0.25) is 0 Å². The summed E-state index contributed by atoms with van der Waals surface area (Å²) in [5, 5.41) is 13.2. The van der Waals surface area contributed by atoms with Crippen molar-refractivity contribution in [1.82, 2.24) is 4.98 Å². The molecular formula is C15H11ClN2O2S. The fourth-order valence-electron chi connectivity index (χ4n) is 2.08. The highest BCUT2D eigenvalue weighted by molar-refractivity contribution is 8.03. The smallest absolute Gasteiger partial charge is 0.258 e. The highest BCUT2D eigenvalue weighted by Crippen LogP contribution is 2.35. The molecule has 0 spiro atoms. The lowest BCUT2D eigenvalue weighted by Gasteiger charge is -2.10. The number of allylic oxidation sites excluding steroid dienone is 3. The van der Waals surface area contributed by atoms with Gasteiger partial charge in [-0.15, -0.1) is 0 Å². The average molecular weight is 319 g/mol. The minimum atomic E-state index is -0.403. The molecule has 0 saturated carbocycles. The molecule has 2 aromatic rings. The largest absolute Gasteiger partial charge is 0.270 e. The van der Waals surface area contributed by atoms with Crippen LogP contribution in [0.15, 0.2) is 57.4 Å². The number of fused-ring (bicyclic) bond motifs is 1. The van der Waals surface area contributed by atoms with Gasteiger partial charge in [-0.3, -0.25) is 10.1 Å². The van der Waals surface area contributed by atoms with Crippen LogP contribution in [-0.2, 0) is 0 Å². The zero-order valence-corrected chi connectivity index (χ0v) is 12.5. The van der Waals surface area contributed by atoms with E-state index in [1.165, 1.54) is 23.9 Å². The van der Waals surface area contributed by atoms with E-state index in [0.29, 0.717) is 0 Å². The van der Waals surface area contributed by atoms with Crippen LogP contribution in [0.1, 0.15) is 12.8 Å². The normalized spacial score (nSPS) is 14.7. The number of pyridine rings is 1. The summed E-state index contributed by atoms with van der Waals surface area (Å²) in [5.74, 6) is 0. The summed E-state index contributed by atoms with van der Waals surface area (Å²) in [4.78, 5) is 15.9. The van der Waals surface area contributed by atoms with Crippen LogP contribution in [0, 0.1) is 10.1 Å². The van der Waals surface area contributed by atoms with E-state index in [2.05, 4.69) is 11.1 Å². The first kappa shape index (κ1) is 14.1. The molecule has 106 valence electrons. The minimum Gasteiger partial charge on any atom is -0.258 e. The number of nitro groups is 1. The second-order valence-electron chi connectivity index (χ2n) is 4.60. The van der Waals surface area contributed by atoms with E-state index in [1.807, 2.05) is 18.2 Å². The van der Waals surface area contributed by atoms with Gasteiger partial charge in [-0.1, -0.05) is 35.5 Å². The first-order chi connectivity index (χ1) is 10.1. The van der Waals surface area contributed by atoms with Crippen LogP contribution in [0.25, 0.3) is 10.9 Å². The van der Waals surface area contributed by atoms with E-state index in [1.54, 1.807) is 6.07 Å². The Balaban J connectivity index is 1.93. The van der Waals surface area contributed by atoms with E-state index in [0.717, 1.165) is 38.7 Å². The Morgan fingerprint density at radius 3 is 2.90 bits per heavy atom. The van der Waals surface area contributed by atoms with Crippen LogP contribution in [0.3, 0.4) is 0 Å². The van der Waals surface area contributed by atoms with Crippen molar-refractivity contribution in [1.29, 1.82) is 0 Å². The van der Waals surface area contributed by atoms with Gasteiger partial charge in [0.05, 0.1) is 10.4 Å². The molecular weight excluding hydrogens is 308 g/mol. The van der Waals surface area contributed by atoms with E-state index in [9.17, 15) is 10.1 Å². The Morgan fingerprint density at radius 1 is 1.29 bits per heavy atom. The second kappa shape index (κ2) is 5.87. The maximum Gasteiger partial charge on any atom is 0.270 e. The fraction of sp³-hybridized carbons (Fsp3) is 0.133. The molecule has 1 aliphatic rings. The molecule has 3 rings (SSSR count). The van der Waals surface area contributed by atoms with Crippen molar-refractivity contribution >= 4 is 40.0 Å². The number of nitro benzene ring substituents is 1. The monoisotopic (exact) mass is 318 g/mol. The van der Waals surface area contributed by atoms with Gasteiger partial charge < -0.3 is 0 Å². The van der Waals surface area contributed by atoms with Crippen LogP contribution < -0.4 is 0 Å². The number of hydrogen-bond acceptors (Lipinski definition) is 4. The molecule has 0 fully saturated rings. The number of non-ortho nitro benzene ring substituents is 1. The molecule has 1 aromatic heterocycles. The predicted octanol–water partition coefficient (Wildman–Crippen LogP) is 5.04. The lowest BCUT2D eigenvalue weighted by molar-refractivity contribution is -0.384. The van der Waals surface area contributed by atoms with Crippen LogP contribution in [0.5, 0.6) is 0 Å². The number of thioether (sulfide) groups is 1.